The molecule has 0 amide bonds. The Bertz CT molecular complexity index is 687. The Hall–Kier alpha value is -1.83. The van der Waals surface area contributed by atoms with Gasteiger partial charge in [0.1, 0.15) is 0 Å². The van der Waals surface area contributed by atoms with E-state index in [4.69, 9.17) is 0 Å². The lowest BCUT2D eigenvalue weighted by Gasteiger charge is -2.12. The van der Waals surface area contributed by atoms with Crippen LogP contribution in [0.4, 0.5) is 0 Å². The van der Waals surface area contributed by atoms with E-state index in [-0.39, 0.29) is 5.41 Å². The molecule has 0 radical (unpaired) electrons. The van der Waals surface area contributed by atoms with Gasteiger partial charge in [0, 0.05) is 27.6 Å². The highest BCUT2D eigenvalue weighted by Crippen LogP contribution is 2.19. The van der Waals surface area contributed by atoms with Crippen LogP contribution in [-0.4, -0.2) is 9.97 Å². The van der Waals surface area contributed by atoms with Crippen molar-refractivity contribution in [2.24, 2.45) is 5.41 Å². The van der Waals surface area contributed by atoms with Gasteiger partial charge in [-0.15, -0.1) is 0 Å². The molecule has 2 heterocycles. The van der Waals surface area contributed by atoms with Gasteiger partial charge in [0.2, 0.25) is 0 Å². The summed E-state index contributed by atoms with van der Waals surface area (Å²) in [7, 11) is 0. The summed E-state index contributed by atoms with van der Waals surface area (Å²) >= 11 is 0. The fourth-order valence-electron chi connectivity index (χ4n) is 2.19. The molecule has 0 bridgehead atoms. The third kappa shape index (κ3) is 1.38. The monoisotopic (exact) mass is 210 g/mol. The van der Waals surface area contributed by atoms with E-state index >= 15 is 0 Å². The van der Waals surface area contributed by atoms with Crippen LogP contribution < -0.4 is 10.6 Å². The number of nitrogens with zero attached hydrogens (tertiary/aromatic N) is 1. The number of aromatic amines is 1. The van der Waals surface area contributed by atoms with E-state index in [1.54, 1.807) is 0 Å². The molecule has 1 N–H and O–H groups in total. The van der Waals surface area contributed by atoms with Crippen LogP contribution in [0.25, 0.3) is 23.1 Å². The van der Waals surface area contributed by atoms with Crippen molar-refractivity contribution in [1.29, 1.82) is 0 Å². The maximum Gasteiger partial charge on any atom is 0.0651 e. The summed E-state index contributed by atoms with van der Waals surface area (Å²) < 4.78 is 0. The molecular formula is C14H14N2. The standard InChI is InChI=1S/C14H14N2/c1-14(2)6-3-4-10-11-5-7-15-9-13(11)16-12(10)8-14/h3-9,16H,1-2H3. The third-order valence-corrected chi connectivity index (χ3v) is 2.98. The number of nitrogens with one attached hydrogen (secondary N) is 1. The first-order valence-electron chi connectivity index (χ1n) is 5.50. The molecule has 3 rings (SSSR count). The Kier molecular flexibility index (Phi) is 1.81. The van der Waals surface area contributed by atoms with Crippen LogP contribution in [0.2, 0.25) is 0 Å². The molecule has 0 saturated heterocycles. The number of fused-ring (bicyclic) bond motifs is 3. The zero-order valence-corrected chi connectivity index (χ0v) is 9.49. The Balaban J connectivity index is 2.50. The molecule has 0 aromatic carbocycles. The number of hydrogen-bond acceptors (Lipinski definition) is 1. The highest BCUT2D eigenvalue weighted by Gasteiger charge is 2.12. The van der Waals surface area contributed by atoms with Crippen LogP contribution in [0.3, 0.4) is 0 Å². The lowest BCUT2D eigenvalue weighted by atomic mass is 9.93. The van der Waals surface area contributed by atoms with Gasteiger partial charge in [-0.1, -0.05) is 38.2 Å². The molecule has 0 spiro atoms. The predicted molar refractivity (Wildman–Crippen MR) is 67.2 cm³/mol. The van der Waals surface area contributed by atoms with E-state index in [2.05, 4.69) is 54.2 Å². The van der Waals surface area contributed by atoms with Gasteiger partial charge in [-0.2, -0.15) is 0 Å². The quantitative estimate of drug-likeness (QED) is 0.704. The van der Waals surface area contributed by atoms with Gasteiger partial charge < -0.3 is 4.98 Å². The molecular weight excluding hydrogens is 196 g/mol. The first kappa shape index (κ1) is 9.40. The van der Waals surface area contributed by atoms with Crippen molar-refractivity contribution < 1.29 is 0 Å². The van der Waals surface area contributed by atoms with Gasteiger partial charge in [-0.3, -0.25) is 4.98 Å². The zero-order valence-electron chi connectivity index (χ0n) is 9.49. The lowest BCUT2D eigenvalue weighted by molar-refractivity contribution is 0.669. The van der Waals surface area contributed by atoms with E-state index < -0.39 is 0 Å². The Morgan fingerprint density at radius 3 is 3.06 bits per heavy atom. The predicted octanol–water partition coefficient (Wildman–Crippen LogP) is 1.72. The summed E-state index contributed by atoms with van der Waals surface area (Å²) in [4.78, 5) is 7.56. The van der Waals surface area contributed by atoms with Gasteiger partial charge in [-0.05, 0) is 6.07 Å². The Morgan fingerprint density at radius 2 is 2.19 bits per heavy atom. The second-order valence-electron chi connectivity index (χ2n) is 4.87. The van der Waals surface area contributed by atoms with E-state index in [0.29, 0.717) is 0 Å². The summed E-state index contributed by atoms with van der Waals surface area (Å²) in [6.07, 6.45) is 12.5. The van der Waals surface area contributed by atoms with Crippen molar-refractivity contribution in [1.82, 2.24) is 9.97 Å². The zero-order chi connectivity index (χ0) is 11.2. The maximum absolute atomic E-state index is 4.14. The smallest absolute Gasteiger partial charge is 0.0651 e. The van der Waals surface area contributed by atoms with Gasteiger partial charge in [0.25, 0.3) is 0 Å². The number of hydrogen-bond donors (Lipinski definition) is 1. The van der Waals surface area contributed by atoms with Gasteiger partial charge in [-0.25, -0.2) is 0 Å². The summed E-state index contributed by atoms with van der Waals surface area (Å²) in [6.45, 7) is 4.41. The molecule has 0 atom stereocenters. The van der Waals surface area contributed by atoms with Crippen LogP contribution in [0.15, 0.2) is 30.6 Å². The third-order valence-electron chi connectivity index (χ3n) is 2.98. The van der Waals surface area contributed by atoms with Crippen LogP contribution in [0, 0.1) is 5.41 Å². The normalized spacial score (nSPS) is 17.4. The van der Waals surface area contributed by atoms with Crippen molar-refractivity contribution in [3.05, 3.63) is 41.2 Å². The van der Waals surface area contributed by atoms with Crippen molar-refractivity contribution in [2.45, 2.75) is 13.8 Å². The molecule has 1 aliphatic carbocycles. The average Bonchev–Trinajstić information content (AvgIpc) is 2.48. The fourth-order valence-corrected chi connectivity index (χ4v) is 2.19. The summed E-state index contributed by atoms with van der Waals surface area (Å²) in [5, 5.41) is 3.70. The summed E-state index contributed by atoms with van der Waals surface area (Å²) in [5.41, 5.74) is 1.20. The first-order valence-corrected chi connectivity index (χ1v) is 5.50. The van der Waals surface area contributed by atoms with Crippen LogP contribution >= 0.6 is 0 Å². The van der Waals surface area contributed by atoms with E-state index in [1.165, 1.54) is 16.0 Å². The summed E-state index contributed by atoms with van der Waals surface area (Å²) in [6, 6.07) is 2.06. The highest BCUT2D eigenvalue weighted by atomic mass is 14.7. The maximum atomic E-state index is 4.14. The first-order chi connectivity index (χ1) is 7.66. The van der Waals surface area contributed by atoms with Crippen molar-refractivity contribution in [3.8, 4) is 0 Å². The van der Waals surface area contributed by atoms with Crippen LogP contribution in [0.5, 0.6) is 0 Å². The Labute approximate surface area is 94.0 Å². The molecule has 0 aliphatic heterocycles. The molecule has 80 valence electrons. The minimum Gasteiger partial charge on any atom is -0.353 e. The fraction of sp³-hybridized carbons (Fsp3) is 0.214. The number of H-pyrrole nitrogens is 1. The topological polar surface area (TPSA) is 28.7 Å². The highest BCUT2D eigenvalue weighted by molar-refractivity contribution is 5.81. The molecule has 0 fully saturated rings. The molecule has 0 saturated carbocycles. The van der Waals surface area contributed by atoms with Gasteiger partial charge in [0.05, 0.1) is 11.7 Å². The lowest BCUT2D eigenvalue weighted by Crippen LogP contribution is -2.24. The van der Waals surface area contributed by atoms with Crippen molar-refractivity contribution in [2.75, 3.05) is 0 Å². The molecule has 2 aromatic rings. The second kappa shape index (κ2) is 3.08. The molecule has 2 aromatic heterocycles. The minimum absolute atomic E-state index is 0.0933. The Morgan fingerprint density at radius 1 is 1.31 bits per heavy atom. The minimum atomic E-state index is 0.0933. The molecule has 2 heteroatoms. The number of aromatic nitrogens is 2. The average molecular weight is 210 g/mol. The SMILES string of the molecule is CC1(C)C=CC=c2c([nH]c3cnccc23)=C1. The van der Waals surface area contributed by atoms with E-state index in [1.807, 2.05) is 12.4 Å². The second-order valence-corrected chi connectivity index (χ2v) is 4.87. The molecule has 0 unspecified atom stereocenters. The van der Waals surface area contributed by atoms with Crippen molar-refractivity contribution >= 4 is 23.1 Å². The number of allylic oxidation sites excluding steroid dienone is 2. The molecule has 1 aliphatic rings. The number of rotatable bonds is 0. The van der Waals surface area contributed by atoms with E-state index in [9.17, 15) is 0 Å². The van der Waals surface area contributed by atoms with Crippen LogP contribution in [-0.2, 0) is 0 Å². The van der Waals surface area contributed by atoms with Crippen LogP contribution in [0.1, 0.15) is 13.8 Å². The number of pyridine rings is 1. The van der Waals surface area contributed by atoms with E-state index in [0.717, 1.165) is 5.52 Å². The summed E-state index contributed by atoms with van der Waals surface area (Å²) in [5.74, 6) is 0. The molecule has 16 heavy (non-hydrogen) atoms. The molecule has 2 nitrogen and oxygen atoms in total. The van der Waals surface area contributed by atoms with Crippen molar-refractivity contribution in [3.63, 3.8) is 0 Å². The van der Waals surface area contributed by atoms with Gasteiger partial charge >= 0.3 is 0 Å². The largest absolute Gasteiger partial charge is 0.353 e. The van der Waals surface area contributed by atoms with Gasteiger partial charge in [0.15, 0.2) is 0 Å².